The molecule has 0 radical (unpaired) electrons. The first-order valence-electron chi connectivity index (χ1n) is 6.46. The molecule has 0 aromatic heterocycles. The van der Waals surface area contributed by atoms with Gasteiger partial charge in [-0.1, -0.05) is 0 Å². The Morgan fingerprint density at radius 1 is 1.26 bits per heavy atom. The lowest BCUT2D eigenvalue weighted by Crippen LogP contribution is -2.51. The number of hydrogen-bond donors (Lipinski definition) is 2. The summed E-state index contributed by atoms with van der Waals surface area (Å²) in [6.45, 7) is 2.71. The number of carbonyl (C=O) groups is 2. The minimum atomic E-state index is -2.94. The minimum Gasteiger partial charge on any atom is -0.348 e. The van der Waals surface area contributed by atoms with E-state index in [-0.39, 0.29) is 24.0 Å². The minimum absolute atomic E-state index is 0.0650. The van der Waals surface area contributed by atoms with Gasteiger partial charge in [0.1, 0.15) is 0 Å². The lowest BCUT2D eigenvalue weighted by molar-refractivity contribution is -0.146. The van der Waals surface area contributed by atoms with Crippen LogP contribution >= 0.6 is 0 Å². The largest absolute Gasteiger partial charge is 0.348 e. The predicted octanol–water partition coefficient (Wildman–Crippen LogP) is -2.03. The average Bonchev–Trinajstić information content (AvgIpc) is 2.76. The first-order chi connectivity index (χ1) is 8.98. The molecule has 0 aliphatic carbocycles. The van der Waals surface area contributed by atoms with E-state index >= 15 is 0 Å². The zero-order chi connectivity index (χ0) is 13.9. The molecule has 2 rings (SSSR count). The van der Waals surface area contributed by atoms with Crippen molar-refractivity contribution < 1.29 is 18.0 Å². The van der Waals surface area contributed by atoms with Crippen LogP contribution in [0.15, 0.2) is 0 Å². The first-order valence-corrected chi connectivity index (χ1v) is 8.28. The van der Waals surface area contributed by atoms with Crippen molar-refractivity contribution in [3.8, 4) is 0 Å². The molecule has 1 atom stereocenters. The van der Waals surface area contributed by atoms with Crippen LogP contribution in [0.25, 0.3) is 0 Å². The fourth-order valence-electron chi connectivity index (χ4n) is 2.36. The number of sulfone groups is 1. The number of piperazine rings is 1. The van der Waals surface area contributed by atoms with Crippen molar-refractivity contribution in [2.24, 2.45) is 5.92 Å². The van der Waals surface area contributed by atoms with Crippen LogP contribution in [0.1, 0.15) is 6.42 Å². The molecule has 0 bridgehead atoms. The third-order valence-electron chi connectivity index (χ3n) is 3.48. The summed E-state index contributed by atoms with van der Waals surface area (Å²) in [5.41, 5.74) is 0. The van der Waals surface area contributed by atoms with E-state index in [1.807, 2.05) is 0 Å². The van der Waals surface area contributed by atoms with Gasteiger partial charge in [-0.15, -0.1) is 0 Å². The molecule has 2 fully saturated rings. The Labute approximate surface area is 112 Å². The highest BCUT2D eigenvalue weighted by molar-refractivity contribution is 7.91. The lowest BCUT2D eigenvalue weighted by atomic mass is 10.1. The SMILES string of the molecule is O=C(NCC1CCS(=O)(=O)C1)C(=O)N1CCNCC1. The van der Waals surface area contributed by atoms with Gasteiger partial charge in [0.2, 0.25) is 0 Å². The summed E-state index contributed by atoms with van der Waals surface area (Å²) in [4.78, 5) is 25.0. The highest BCUT2D eigenvalue weighted by Gasteiger charge is 2.29. The molecule has 0 spiro atoms. The zero-order valence-corrected chi connectivity index (χ0v) is 11.5. The van der Waals surface area contributed by atoms with E-state index in [1.165, 1.54) is 4.90 Å². The maximum absolute atomic E-state index is 11.8. The summed E-state index contributed by atoms with van der Waals surface area (Å²) in [5, 5.41) is 5.65. The molecule has 2 saturated heterocycles. The Kier molecular flexibility index (Phi) is 4.41. The van der Waals surface area contributed by atoms with E-state index in [0.717, 1.165) is 0 Å². The van der Waals surface area contributed by atoms with Crippen LogP contribution in [0.4, 0.5) is 0 Å². The maximum atomic E-state index is 11.8. The fourth-order valence-corrected chi connectivity index (χ4v) is 4.22. The third-order valence-corrected chi connectivity index (χ3v) is 5.31. The van der Waals surface area contributed by atoms with Crippen LogP contribution in [0, 0.1) is 5.92 Å². The van der Waals surface area contributed by atoms with Gasteiger partial charge in [-0.05, 0) is 12.3 Å². The predicted molar refractivity (Wildman–Crippen MR) is 69.2 cm³/mol. The van der Waals surface area contributed by atoms with Gasteiger partial charge in [-0.25, -0.2) is 8.42 Å². The van der Waals surface area contributed by atoms with Gasteiger partial charge >= 0.3 is 11.8 Å². The number of rotatable bonds is 2. The highest BCUT2D eigenvalue weighted by atomic mass is 32.2. The van der Waals surface area contributed by atoms with E-state index in [1.54, 1.807) is 0 Å². The summed E-state index contributed by atoms with van der Waals surface area (Å²) in [6.07, 6.45) is 0.560. The monoisotopic (exact) mass is 289 g/mol. The summed E-state index contributed by atoms with van der Waals surface area (Å²) < 4.78 is 22.5. The quantitative estimate of drug-likeness (QED) is 0.572. The van der Waals surface area contributed by atoms with Gasteiger partial charge in [0.15, 0.2) is 9.84 Å². The first kappa shape index (κ1) is 14.3. The number of amides is 2. The molecule has 0 aromatic carbocycles. The summed E-state index contributed by atoms with van der Waals surface area (Å²) in [6, 6.07) is 0. The number of nitrogens with zero attached hydrogens (tertiary/aromatic N) is 1. The lowest BCUT2D eigenvalue weighted by Gasteiger charge is -2.26. The van der Waals surface area contributed by atoms with Gasteiger partial charge in [0, 0.05) is 32.7 Å². The second kappa shape index (κ2) is 5.87. The molecular weight excluding hydrogens is 270 g/mol. The smallest absolute Gasteiger partial charge is 0.311 e. The standard InChI is InChI=1S/C11H19N3O4S/c15-10(11(16)14-4-2-12-3-5-14)13-7-9-1-6-19(17,18)8-9/h9,12H,1-8H2,(H,13,15). The summed E-state index contributed by atoms with van der Waals surface area (Å²) in [5.74, 6) is -0.938. The van der Waals surface area contributed by atoms with Gasteiger partial charge in [-0.3, -0.25) is 9.59 Å². The van der Waals surface area contributed by atoms with Crippen LogP contribution in [0.3, 0.4) is 0 Å². The average molecular weight is 289 g/mol. The molecule has 7 nitrogen and oxygen atoms in total. The molecule has 0 saturated carbocycles. The van der Waals surface area contributed by atoms with E-state index in [0.29, 0.717) is 32.6 Å². The molecule has 2 heterocycles. The van der Waals surface area contributed by atoms with E-state index in [9.17, 15) is 18.0 Å². The molecule has 2 aliphatic rings. The van der Waals surface area contributed by atoms with Crippen molar-refractivity contribution in [1.82, 2.24) is 15.5 Å². The van der Waals surface area contributed by atoms with Crippen molar-refractivity contribution in [1.29, 1.82) is 0 Å². The van der Waals surface area contributed by atoms with Crippen LogP contribution in [0.5, 0.6) is 0 Å². The van der Waals surface area contributed by atoms with Gasteiger partial charge < -0.3 is 15.5 Å². The van der Waals surface area contributed by atoms with Gasteiger partial charge in [-0.2, -0.15) is 0 Å². The summed E-state index contributed by atoms with van der Waals surface area (Å²) in [7, 11) is -2.94. The Bertz CT molecular complexity index is 457. The second-order valence-electron chi connectivity index (χ2n) is 5.02. The van der Waals surface area contributed by atoms with Gasteiger partial charge in [0.05, 0.1) is 11.5 Å². The molecule has 2 amide bonds. The van der Waals surface area contributed by atoms with E-state index < -0.39 is 21.7 Å². The van der Waals surface area contributed by atoms with Crippen LogP contribution in [0.2, 0.25) is 0 Å². The maximum Gasteiger partial charge on any atom is 0.311 e. The third kappa shape index (κ3) is 3.90. The Hall–Kier alpha value is -1.15. The molecule has 108 valence electrons. The summed E-state index contributed by atoms with van der Waals surface area (Å²) >= 11 is 0. The van der Waals surface area contributed by atoms with Crippen molar-refractivity contribution in [2.75, 3.05) is 44.2 Å². The Morgan fingerprint density at radius 2 is 1.95 bits per heavy atom. The van der Waals surface area contributed by atoms with E-state index in [4.69, 9.17) is 0 Å². The van der Waals surface area contributed by atoms with E-state index in [2.05, 4.69) is 10.6 Å². The molecular formula is C11H19N3O4S. The number of hydrogen-bond acceptors (Lipinski definition) is 5. The van der Waals surface area contributed by atoms with Crippen LogP contribution < -0.4 is 10.6 Å². The molecule has 19 heavy (non-hydrogen) atoms. The second-order valence-corrected chi connectivity index (χ2v) is 7.25. The molecule has 2 aliphatic heterocycles. The van der Waals surface area contributed by atoms with Crippen molar-refractivity contribution >= 4 is 21.7 Å². The molecule has 1 unspecified atom stereocenters. The normalized spacial score (nSPS) is 26.1. The molecule has 2 N–H and O–H groups in total. The number of nitrogens with one attached hydrogen (secondary N) is 2. The molecule has 0 aromatic rings. The number of carbonyl (C=O) groups excluding carboxylic acids is 2. The van der Waals surface area contributed by atoms with Crippen molar-refractivity contribution in [2.45, 2.75) is 6.42 Å². The van der Waals surface area contributed by atoms with Crippen LogP contribution in [-0.2, 0) is 19.4 Å². The van der Waals surface area contributed by atoms with Gasteiger partial charge in [0.25, 0.3) is 0 Å². The van der Waals surface area contributed by atoms with Crippen LogP contribution in [-0.4, -0.2) is 69.4 Å². The van der Waals surface area contributed by atoms with Crippen molar-refractivity contribution in [3.05, 3.63) is 0 Å². The highest BCUT2D eigenvalue weighted by Crippen LogP contribution is 2.17. The Morgan fingerprint density at radius 3 is 2.53 bits per heavy atom. The fraction of sp³-hybridized carbons (Fsp3) is 0.818. The van der Waals surface area contributed by atoms with Crippen molar-refractivity contribution in [3.63, 3.8) is 0 Å². The Balaban J connectivity index is 1.76. The zero-order valence-electron chi connectivity index (χ0n) is 10.7. The topological polar surface area (TPSA) is 95.6 Å². The molecule has 8 heteroatoms.